The Bertz CT molecular complexity index is 989. The maximum Gasteiger partial charge on any atom is 0.292 e. The summed E-state index contributed by atoms with van der Waals surface area (Å²) in [6.07, 6.45) is 0. The molecule has 10 heteroatoms. The van der Waals surface area contributed by atoms with Crippen molar-refractivity contribution in [2.45, 2.75) is 0 Å². The first kappa shape index (κ1) is 19.5. The molecular formula is C18H15Cl2N5O3. The standard InChI is InChI=1S/C18H15Cl2N5O3/c1-9-16(18(27)25-22-9)24-23-14-7-10(3-6-15(14)28-2)17(26)21-13-8-11(19)4-5-12(13)20/h3-8,22-23H,1H2,2H3,(H,21,26)(H,25,27). The predicted octanol–water partition coefficient (Wildman–Crippen LogP) is 3.17. The third-order valence-corrected chi connectivity index (χ3v) is 4.32. The molecule has 0 unspecified atom stereocenters. The largest absolute Gasteiger partial charge is 0.495 e. The minimum Gasteiger partial charge on any atom is -0.495 e. The molecule has 0 bridgehead atoms. The Balaban J connectivity index is 1.85. The van der Waals surface area contributed by atoms with E-state index in [-0.39, 0.29) is 5.71 Å². The highest BCUT2D eigenvalue weighted by Crippen LogP contribution is 2.28. The van der Waals surface area contributed by atoms with E-state index in [1.54, 1.807) is 30.3 Å². The summed E-state index contributed by atoms with van der Waals surface area (Å²) < 4.78 is 5.26. The van der Waals surface area contributed by atoms with E-state index in [0.29, 0.717) is 38.4 Å². The lowest BCUT2D eigenvalue weighted by atomic mass is 10.1. The normalized spacial score (nSPS) is 14.5. The summed E-state index contributed by atoms with van der Waals surface area (Å²) in [6.45, 7) is 3.66. The second-order valence-corrected chi connectivity index (χ2v) is 6.47. The average Bonchev–Trinajstić information content (AvgIpc) is 3.00. The molecular weight excluding hydrogens is 405 g/mol. The number of halogens is 2. The number of ether oxygens (including phenoxy) is 1. The molecule has 2 amide bonds. The fourth-order valence-corrected chi connectivity index (χ4v) is 2.68. The first-order valence-corrected chi connectivity index (χ1v) is 8.68. The molecule has 0 spiro atoms. The molecule has 0 radical (unpaired) electrons. The summed E-state index contributed by atoms with van der Waals surface area (Å²) in [7, 11) is 1.47. The molecule has 1 heterocycles. The number of hydrogen-bond donors (Lipinski definition) is 4. The Kier molecular flexibility index (Phi) is 5.72. The summed E-state index contributed by atoms with van der Waals surface area (Å²) in [4.78, 5) is 24.3. The zero-order valence-electron chi connectivity index (χ0n) is 14.6. The molecule has 0 aliphatic carbocycles. The molecule has 144 valence electrons. The van der Waals surface area contributed by atoms with Crippen LogP contribution in [0.5, 0.6) is 5.75 Å². The number of carbonyl (C=O) groups is 2. The van der Waals surface area contributed by atoms with Crippen molar-refractivity contribution in [2.24, 2.45) is 5.10 Å². The maximum absolute atomic E-state index is 12.6. The fourth-order valence-electron chi connectivity index (χ4n) is 2.35. The Morgan fingerprint density at radius 2 is 1.93 bits per heavy atom. The molecule has 3 rings (SSSR count). The molecule has 28 heavy (non-hydrogen) atoms. The highest BCUT2D eigenvalue weighted by Gasteiger charge is 2.22. The molecule has 1 aliphatic heterocycles. The van der Waals surface area contributed by atoms with Crippen LogP contribution >= 0.6 is 23.2 Å². The van der Waals surface area contributed by atoms with Crippen molar-refractivity contribution in [2.75, 3.05) is 17.9 Å². The van der Waals surface area contributed by atoms with Crippen LogP contribution in [0.25, 0.3) is 0 Å². The monoisotopic (exact) mass is 419 g/mol. The lowest BCUT2D eigenvalue weighted by Crippen LogP contribution is -2.26. The second kappa shape index (κ2) is 8.20. The van der Waals surface area contributed by atoms with Crippen LogP contribution in [0.4, 0.5) is 11.4 Å². The highest BCUT2D eigenvalue weighted by atomic mass is 35.5. The van der Waals surface area contributed by atoms with Crippen LogP contribution in [0.1, 0.15) is 10.4 Å². The van der Waals surface area contributed by atoms with E-state index >= 15 is 0 Å². The van der Waals surface area contributed by atoms with E-state index in [0.717, 1.165) is 0 Å². The number of anilines is 2. The van der Waals surface area contributed by atoms with Gasteiger partial charge in [0.1, 0.15) is 5.75 Å². The fraction of sp³-hybridized carbons (Fsp3) is 0.0556. The van der Waals surface area contributed by atoms with Crippen LogP contribution in [-0.4, -0.2) is 24.6 Å². The van der Waals surface area contributed by atoms with E-state index in [1.807, 2.05) is 0 Å². The maximum atomic E-state index is 12.6. The smallest absolute Gasteiger partial charge is 0.292 e. The molecule has 8 nitrogen and oxygen atoms in total. The molecule has 2 aromatic carbocycles. The van der Waals surface area contributed by atoms with Gasteiger partial charge in [-0.25, -0.2) is 0 Å². The van der Waals surface area contributed by atoms with Crippen molar-refractivity contribution < 1.29 is 14.3 Å². The van der Waals surface area contributed by atoms with Crippen LogP contribution in [0, 0.1) is 0 Å². The number of hydrazine groups is 1. The zero-order chi connectivity index (χ0) is 20.3. The molecule has 0 saturated carbocycles. The van der Waals surface area contributed by atoms with Gasteiger partial charge in [0, 0.05) is 10.6 Å². The Morgan fingerprint density at radius 3 is 2.61 bits per heavy atom. The highest BCUT2D eigenvalue weighted by molar-refractivity contribution is 6.47. The van der Waals surface area contributed by atoms with E-state index in [2.05, 4.69) is 33.3 Å². The van der Waals surface area contributed by atoms with Gasteiger partial charge in [-0.05, 0) is 36.4 Å². The van der Waals surface area contributed by atoms with Gasteiger partial charge in [-0.15, -0.1) is 0 Å². The molecule has 4 N–H and O–H groups in total. The minimum absolute atomic E-state index is 0.0858. The number of benzene rings is 2. The Hall–Kier alpha value is -3.23. The van der Waals surface area contributed by atoms with Crippen molar-refractivity contribution in [3.05, 3.63) is 64.3 Å². The van der Waals surface area contributed by atoms with Crippen molar-refractivity contribution >= 4 is 52.1 Å². The number of rotatable bonds is 5. The molecule has 1 saturated heterocycles. The zero-order valence-corrected chi connectivity index (χ0v) is 16.1. The van der Waals surface area contributed by atoms with Gasteiger partial charge in [0.25, 0.3) is 11.8 Å². The average molecular weight is 420 g/mol. The number of nitrogens with one attached hydrogen (secondary N) is 4. The summed E-state index contributed by atoms with van der Waals surface area (Å²) in [5.41, 5.74) is 9.15. The van der Waals surface area contributed by atoms with E-state index < -0.39 is 11.8 Å². The summed E-state index contributed by atoms with van der Waals surface area (Å²) in [5, 5.41) is 7.51. The first-order chi connectivity index (χ1) is 13.4. The van der Waals surface area contributed by atoms with Gasteiger partial charge in [-0.1, -0.05) is 29.8 Å². The number of carbonyl (C=O) groups excluding carboxylic acids is 2. The summed E-state index contributed by atoms with van der Waals surface area (Å²) >= 11 is 12.0. The lowest BCUT2D eigenvalue weighted by Gasteiger charge is -2.12. The second-order valence-electron chi connectivity index (χ2n) is 5.62. The van der Waals surface area contributed by atoms with Gasteiger partial charge in [0.05, 0.1) is 29.2 Å². The Labute approximate surface area is 170 Å². The van der Waals surface area contributed by atoms with Gasteiger partial charge in [-0.2, -0.15) is 5.10 Å². The topological polar surface area (TPSA) is 104 Å². The van der Waals surface area contributed by atoms with Crippen LogP contribution in [0.15, 0.2) is 53.8 Å². The first-order valence-electron chi connectivity index (χ1n) is 7.93. The van der Waals surface area contributed by atoms with Gasteiger partial charge in [0.15, 0.2) is 5.71 Å². The summed E-state index contributed by atoms with van der Waals surface area (Å²) in [5.74, 6) is -0.410. The molecule has 1 aliphatic rings. The SMILES string of the molecule is C=C1NNC(=O)C1=NNc1cc(C(=O)Nc2cc(Cl)ccc2Cl)ccc1OC. The quantitative estimate of drug-likeness (QED) is 0.557. The Morgan fingerprint density at radius 1 is 1.14 bits per heavy atom. The van der Waals surface area contributed by atoms with E-state index in [9.17, 15) is 9.59 Å². The van der Waals surface area contributed by atoms with E-state index in [4.69, 9.17) is 27.9 Å². The third kappa shape index (κ3) is 4.19. The molecule has 1 fully saturated rings. The number of hydrogen-bond acceptors (Lipinski definition) is 6. The number of amides is 2. The van der Waals surface area contributed by atoms with E-state index in [1.165, 1.54) is 13.2 Å². The van der Waals surface area contributed by atoms with Crippen LogP contribution in [0.2, 0.25) is 10.0 Å². The number of hydrazone groups is 1. The van der Waals surface area contributed by atoms with Gasteiger partial charge in [-0.3, -0.25) is 25.9 Å². The van der Waals surface area contributed by atoms with Crippen molar-refractivity contribution in [3.63, 3.8) is 0 Å². The van der Waals surface area contributed by atoms with Gasteiger partial charge in [0.2, 0.25) is 0 Å². The molecule has 0 aromatic heterocycles. The van der Waals surface area contributed by atoms with Crippen LogP contribution in [0.3, 0.4) is 0 Å². The predicted molar refractivity (Wildman–Crippen MR) is 109 cm³/mol. The van der Waals surface area contributed by atoms with Crippen LogP contribution < -0.4 is 26.3 Å². The number of methoxy groups -OCH3 is 1. The lowest BCUT2D eigenvalue weighted by molar-refractivity contribution is -0.114. The number of nitrogens with zero attached hydrogens (tertiary/aromatic N) is 1. The molecule has 2 aromatic rings. The minimum atomic E-state index is -0.430. The van der Waals surface area contributed by atoms with Crippen LogP contribution in [-0.2, 0) is 4.79 Å². The van der Waals surface area contributed by atoms with Crippen molar-refractivity contribution in [1.29, 1.82) is 0 Å². The van der Waals surface area contributed by atoms with Gasteiger partial charge >= 0.3 is 0 Å². The summed E-state index contributed by atoms with van der Waals surface area (Å²) in [6, 6.07) is 9.46. The van der Waals surface area contributed by atoms with Crippen molar-refractivity contribution in [3.8, 4) is 5.75 Å². The third-order valence-electron chi connectivity index (χ3n) is 3.75. The van der Waals surface area contributed by atoms with Gasteiger partial charge < -0.3 is 10.1 Å². The van der Waals surface area contributed by atoms with Crippen molar-refractivity contribution in [1.82, 2.24) is 10.9 Å². The molecule has 0 atom stereocenters.